The highest BCUT2D eigenvalue weighted by Crippen LogP contribution is 2.24. The van der Waals surface area contributed by atoms with Gasteiger partial charge in [-0.3, -0.25) is 4.79 Å². The molecule has 0 N–H and O–H groups in total. The van der Waals surface area contributed by atoms with Crippen LogP contribution < -0.4 is 0 Å². The number of rotatable bonds is 4. The molecular weight excluding hydrogens is 316 g/mol. The summed E-state index contributed by atoms with van der Waals surface area (Å²) in [5.74, 6) is 0.193. The van der Waals surface area contributed by atoms with E-state index in [1.54, 1.807) is 0 Å². The first-order chi connectivity index (χ1) is 12.8. The predicted molar refractivity (Wildman–Crippen MR) is 111 cm³/mol. The van der Waals surface area contributed by atoms with Crippen LogP contribution in [-0.2, 0) is 4.79 Å². The SMILES string of the molecule is O=C1C(=CC=Cc2ccccc2)CCCCC1=CC=Cc1ccccc1. The highest BCUT2D eigenvalue weighted by Gasteiger charge is 2.17. The number of Topliss-reactive ketones (excluding diaryl/α,β-unsaturated/α-hetero) is 1. The molecule has 0 radical (unpaired) electrons. The third-order valence-corrected chi connectivity index (χ3v) is 4.50. The molecule has 0 amide bonds. The van der Waals surface area contributed by atoms with Crippen molar-refractivity contribution in [2.75, 3.05) is 0 Å². The summed E-state index contributed by atoms with van der Waals surface area (Å²) < 4.78 is 0. The average Bonchev–Trinajstić information content (AvgIpc) is 2.86. The zero-order chi connectivity index (χ0) is 18.0. The molecule has 2 aromatic carbocycles. The largest absolute Gasteiger partial charge is 0.289 e. The van der Waals surface area contributed by atoms with Gasteiger partial charge in [-0.1, -0.05) is 97.1 Å². The molecule has 1 nitrogen and oxygen atoms in total. The van der Waals surface area contributed by atoms with Crippen molar-refractivity contribution in [3.8, 4) is 0 Å². The Bertz CT molecular complexity index is 765. The summed E-state index contributed by atoms with van der Waals surface area (Å²) in [6.07, 6.45) is 15.9. The summed E-state index contributed by atoms with van der Waals surface area (Å²) in [5, 5.41) is 0. The van der Waals surface area contributed by atoms with Crippen LogP contribution in [0.15, 0.2) is 96.1 Å². The number of hydrogen-bond donors (Lipinski definition) is 0. The monoisotopic (exact) mass is 340 g/mol. The molecule has 0 saturated heterocycles. The smallest absolute Gasteiger partial charge is 0.184 e. The van der Waals surface area contributed by atoms with Gasteiger partial charge in [0.15, 0.2) is 5.78 Å². The maximum atomic E-state index is 12.8. The van der Waals surface area contributed by atoms with E-state index in [9.17, 15) is 4.79 Å². The van der Waals surface area contributed by atoms with Crippen LogP contribution in [0.4, 0.5) is 0 Å². The van der Waals surface area contributed by atoms with E-state index in [1.807, 2.05) is 72.9 Å². The van der Waals surface area contributed by atoms with Gasteiger partial charge in [0.2, 0.25) is 0 Å². The summed E-state index contributed by atoms with van der Waals surface area (Å²) in [4.78, 5) is 12.8. The average molecular weight is 340 g/mol. The van der Waals surface area contributed by atoms with E-state index in [2.05, 4.69) is 24.3 Å². The molecule has 130 valence electrons. The first kappa shape index (κ1) is 17.9. The minimum Gasteiger partial charge on any atom is -0.289 e. The second-order valence-electron chi connectivity index (χ2n) is 6.46. The Kier molecular flexibility index (Phi) is 6.55. The molecule has 1 fully saturated rings. The van der Waals surface area contributed by atoms with Gasteiger partial charge in [0, 0.05) is 0 Å². The molecule has 0 spiro atoms. The fourth-order valence-electron chi connectivity index (χ4n) is 3.06. The van der Waals surface area contributed by atoms with Crippen molar-refractivity contribution in [3.05, 3.63) is 107 Å². The number of ketones is 1. The highest BCUT2D eigenvalue weighted by atomic mass is 16.1. The maximum absolute atomic E-state index is 12.8. The third-order valence-electron chi connectivity index (χ3n) is 4.50. The fraction of sp³-hybridized carbons (Fsp3) is 0.160. The molecule has 0 atom stereocenters. The van der Waals surface area contributed by atoms with Crippen molar-refractivity contribution in [2.45, 2.75) is 25.7 Å². The first-order valence-corrected chi connectivity index (χ1v) is 9.22. The predicted octanol–water partition coefficient (Wildman–Crippen LogP) is 6.41. The lowest BCUT2D eigenvalue weighted by molar-refractivity contribution is -0.112. The van der Waals surface area contributed by atoms with Crippen molar-refractivity contribution in [2.24, 2.45) is 0 Å². The topological polar surface area (TPSA) is 17.1 Å². The van der Waals surface area contributed by atoms with Gasteiger partial charge in [-0.15, -0.1) is 0 Å². The minimum atomic E-state index is 0.193. The molecule has 0 aliphatic heterocycles. The van der Waals surface area contributed by atoms with Crippen molar-refractivity contribution in [3.63, 3.8) is 0 Å². The van der Waals surface area contributed by atoms with E-state index >= 15 is 0 Å². The second kappa shape index (κ2) is 9.53. The first-order valence-electron chi connectivity index (χ1n) is 9.22. The van der Waals surface area contributed by atoms with Gasteiger partial charge in [0.1, 0.15) is 0 Å². The van der Waals surface area contributed by atoms with Crippen molar-refractivity contribution >= 4 is 17.9 Å². The molecule has 1 heteroatoms. The van der Waals surface area contributed by atoms with E-state index in [0.717, 1.165) is 48.0 Å². The van der Waals surface area contributed by atoms with E-state index < -0.39 is 0 Å². The summed E-state index contributed by atoms with van der Waals surface area (Å²) >= 11 is 0. The molecule has 1 aliphatic rings. The Morgan fingerprint density at radius 3 is 1.46 bits per heavy atom. The van der Waals surface area contributed by atoms with Crippen molar-refractivity contribution in [1.82, 2.24) is 0 Å². The summed E-state index contributed by atoms with van der Waals surface area (Å²) in [6, 6.07) is 20.3. The van der Waals surface area contributed by atoms with Gasteiger partial charge in [-0.25, -0.2) is 0 Å². The Labute approximate surface area is 156 Å². The van der Waals surface area contributed by atoms with Gasteiger partial charge in [-0.05, 0) is 48.0 Å². The Balaban J connectivity index is 1.72. The molecule has 2 aromatic rings. The zero-order valence-electron chi connectivity index (χ0n) is 15.0. The van der Waals surface area contributed by atoms with E-state index in [-0.39, 0.29) is 5.78 Å². The Hall–Kier alpha value is -2.93. The van der Waals surface area contributed by atoms with Gasteiger partial charge >= 0.3 is 0 Å². The molecule has 0 heterocycles. The maximum Gasteiger partial charge on any atom is 0.184 e. The zero-order valence-corrected chi connectivity index (χ0v) is 15.0. The summed E-state index contributed by atoms with van der Waals surface area (Å²) in [7, 11) is 0. The molecule has 0 aromatic heterocycles. The van der Waals surface area contributed by atoms with Gasteiger partial charge in [-0.2, -0.15) is 0 Å². The number of hydrogen-bond acceptors (Lipinski definition) is 1. The van der Waals surface area contributed by atoms with Gasteiger partial charge < -0.3 is 0 Å². The lowest BCUT2D eigenvalue weighted by atomic mass is 10.0. The third kappa shape index (κ3) is 5.29. The van der Waals surface area contributed by atoms with Crippen LogP contribution in [0.1, 0.15) is 36.8 Å². The van der Waals surface area contributed by atoms with Crippen molar-refractivity contribution in [1.29, 1.82) is 0 Å². The van der Waals surface area contributed by atoms with Gasteiger partial charge in [0.25, 0.3) is 0 Å². The quantitative estimate of drug-likeness (QED) is 0.464. The number of allylic oxidation sites excluding steroid dienone is 6. The van der Waals surface area contributed by atoms with Gasteiger partial charge in [0.05, 0.1) is 0 Å². The van der Waals surface area contributed by atoms with E-state index in [4.69, 9.17) is 0 Å². The highest BCUT2D eigenvalue weighted by molar-refractivity contribution is 6.08. The molecule has 0 bridgehead atoms. The molecule has 1 aliphatic carbocycles. The number of benzene rings is 2. The second-order valence-corrected chi connectivity index (χ2v) is 6.46. The summed E-state index contributed by atoms with van der Waals surface area (Å²) in [5.41, 5.74) is 4.11. The lowest BCUT2D eigenvalue weighted by Gasteiger charge is -2.02. The van der Waals surface area contributed by atoms with Crippen molar-refractivity contribution < 1.29 is 4.79 Å². The van der Waals surface area contributed by atoms with Crippen LogP contribution in [-0.4, -0.2) is 5.78 Å². The summed E-state index contributed by atoms with van der Waals surface area (Å²) in [6.45, 7) is 0. The van der Waals surface area contributed by atoms with Crippen LogP contribution in [0.3, 0.4) is 0 Å². The number of carbonyl (C=O) groups is 1. The minimum absolute atomic E-state index is 0.193. The fourth-order valence-corrected chi connectivity index (χ4v) is 3.06. The van der Waals surface area contributed by atoms with Crippen LogP contribution >= 0.6 is 0 Å². The van der Waals surface area contributed by atoms with E-state index in [1.165, 1.54) is 0 Å². The van der Waals surface area contributed by atoms with E-state index in [0.29, 0.717) is 0 Å². The lowest BCUT2D eigenvalue weighted by Crippen LogP contribution is -2.03. The van der Waals surface area contributed by atoms with Crippen LogP contribution in [0.25, 0.3) is 12.2 Å². The standard InChI is InChI=1S/C25H24O/c26-25-23(19-9-15-21-11-3-1-4-12-21)17-7-8-18-24(25)20-10-16-22-13-5-2-6-14-22/h1-6,9-16,19-20H,7-8,17-18H2. The molecule has 3 rings (SSSR count). The molecule has 1 saturated carbocycles. The number of carbonyl (C=O) groups excluding carboxylic acids is 1. The normalized spacial score (nSPS) is 18.8. The van der Waals surface area contributed by atoms with Crippen LogP contribution in [0, 0.1) is 0 Å². The Morgan fingerprint density at radius 2 is 1.04 bits per heavy atom. The van der Waals surface area contributed by atoms with Crippen LogP contribution in [0.5, 0.6) is 0 Å². The Morgan fingerprint density at radius 1 is 0.615 bits per heavy atom. The van der Waals surface area contributed by atoms with Crippen LogP contribution in [0.2, 0.25) is 0 Å². The molecule has 26 heavy (non-hydrogen) atoms. The molecule has 0 unspecified atom stereocenters. The molecular formula is C25H24O.